The van der Waals surface area contributed by atoms with E-state index >= 15 is 0 Å². The third-order valence-electron chi connectivity index (χ3n) is 3.15. The van der Waals surface area contributed by atoms with Crippen LogP contribution in [0.4, 0.5) is 0 Å². The van der Waals surface area contributed by atoms with Crippen molar-refractivity contribution < 1.29 is 12.6 Å². The third-order valence-corrected chi connectivity index (χ3v) is 4.92. The average Bonchev–Trinajstić information content (AvgIpc) is 2.88. The van der Waals surface area contributed by atoms with E-state index in [1.807, 2.05) is 25.1 Å². The number of fused-ring (bicyclic) bond motifs is 1. The van der Waals surface area contributed by atoms with Gasteiger partial charge in [0.25, 0.3) is 10.1 Å². The number of nitrogens with one attached hydrogen (secondary N) is 1. The van der Waals surface area contributed by atoms with E-state index in [0.717, 1.165) is 21.1 Å². The van der Waals surface area contributed by atoms with Crippen molar-refractivity contribution in [2.45, 2.75) is 18.4 Å². The van der Waals surface area contributed by atoms with E-state index in [1.54, 1.807) is 12.1 Å². The molecule has 0 spiro atoms. The molecule has 2 aromatic carbocycles. The maximum Gasteiger partial charge on any atom is 0.297 e. The molecule has 22 heavy (non-hydrogen) atoms. The molecule has 3 aromatic rings. The lowest BCUT2D eigenvalue weighted by Gasteiger charge is -2.04. The molecule has 0 bridgehead atoms. The van der Waals surface area contributed by atoms with Gasteiger partial charge in [0.05, 0.1) is 15.9 Å². The molecule has 3 rings (SSSR count). The van der Waals surface area contributed by atoms with Crippen LogP contribution >= 0.6 is 15.9 Å². The second kappa shape index (κ2) is 5.83. The maximum absolute atomic E-state index is 12.1. The summed E-state index contributed by atoms with van der Waals surface area (Å²) in [5, 5.41) is 0. The van der Waals surface area contributed by atoms with Gasteiger partial charge in [0, 0.05) is 4.47 Å². The van der Waals surface area contributed by atoms with E-state index in [0.29, 0.717) is 5.82 Å². The largest absolute Gasteiger partial charge is 0.340 e. The molecule has 0 radical (unpaired) electrons. The molecule has 0 saturated carbocycles. The quantitative estimate of drug-likeness (QED) is 0.702. The van der Waals surface area contributed by atoms with Crippen molar-refractivity contribution in [2.75, 3.05) is 0 Å². The highest BCUT2D eigenvalue weighted by Crippen LogP contribution is 2.19. The Morgan fingerprint density at radius 3 is 2.64 bits per heavy atom. The van der Waals surface area contributed by atoms with Gasteiger partial charge in [-0.25, -0.2) is 4.98 Å². The summed E-state index contributed by atoms with van der Waals surface area (Å²) < 4.78 is 30.2. The number of nitrogens with zero attached hydrogens (tertiary/aromatic N) is 1. The molecule has 0 amide bonds. The smallest absolute Gasteiger partial charge is 0.297 e. The molecule has 0 saturated heterocycles. The lowest BCUT2D eigenvalue weighted by molar-refractivity contribution is 0.300. The number of aryl methyl sites for hydroxylation is 1. The summed E-state index contributed by atoms with van der Waals surface area (Å²) in [5.74, 6) is 0.462. The zero-order valence-corrected chi connectivity index (χ0v) is 14.1. The first-order valence-corrected chi connectivity index (χ1v) is 8.74. The number of hydrogen-bond donors (Lipinski definition) is 1. The van der Waals surface area contributed by atoms with Gasteiger partial charge in [0.2, 0.25) is 0 Å². The average molecular weight is 381 g/mol. The first-order chi connectivity index (χ1) is 10.4. The summed E-state index contributed by atoms with van der Waals surface area (Å²) in [6, 6.07) is 12.1. The van der Waals surface area contributed by atoms with E-state index in [4.69, 9.17) is 4.18 Å². The van der Waals surface area contributed by atoms with E-state index in [-0.39, 0.29) is 11.5 Å². The Morgan fingerprint density at radius 1 is 1.18 bits per heavy atom. The number of hydrogen-bond acceptors (Lipinski definition) is 4. The van der Waals surface area contributed by atoms with Gasteiger partial charge in [-0.15, -0.1) is 0 Å². The van der Waals surface area contributed by atoms with E-state index < -0.39 is 10.1 Å². The predicted molar refractivity (Wildman–Crippen MR) is 86.9 cm³/mol. The van der Waals surface area contributed by atoms with Crippen LogP contribution in [-0.4, -0.2) is 18.4 Å². The number of rotatable bonds is 4. The van der Waals surface area contributed by atoms with Gasteiger partial charge in [0.15, 0.2) is 0 Å². The van der Waals surface area contributed by atoms with Crippen molar-refractivity contribution in [2.24, 2.45) is 0 Å². The van der Waals surface area contributed by atoms with Gasteiger partial charge in [-0.2, -0.15) is 8.42 Å². The van der Waals surface area contributed by atoms with Crippen molar-refractivity contribution in [1.29, 1.82) is 0 Å². The zero-order valence-electron chi connectivity index (χ0n) is 11.7. The van der Waals surface area contributed by atoms with Crippen LogP contribution in [-0.2, 0) is 20.9 Å². The summed E-state index contributed by atoms with van der Waals surface area (Å²) in [6.07, 6.45) is 0. The van der Waals surface area contributed by atoms with E-state index in [2.05, 4.69) is 25.9 Å². The molecule has 0 fully saturated rings. The van der Waals surface area contributed by atoms with Crippen LogP contribution < -0.4 is 0 Å². The minimum atomic E-state index is -3.79. The molecule has 5 nitrogen and oxygen atoms in total. The van der Waals surface area contributed by atoms with Gasteiger partial charge < -0.3 is 4.98 Å². The SMILES string of the molecule is Cc1ccc(S(=O)(=O)OCc2nc3ccc(Br)cc3[nH]2)cc1. The molecule has 1 aromatic heterocycles. The second-order valence-electron chi connectivity index (χ2n) is 4.87. The van der Waals surface area contributed by atoms with Crippen molar-refractivity contribution >= 4 is 37.1 Å². The number of H-pyrrole nitrogens is 1. The molecule has 1 N–H and O–H groups in total. The summed E-state index contributed by atoms with van der Waals surface area (Å²) in [6.45, 7) is 1.76. The highest BCUT2D eigenvalue weighted by molar-refractivity contribution is 9.10. The Morgan fingerprint density at radius 2 is 1.91 bits per heavy atom. The summed E-state index contributed by atoms with van der Waals surface area (Å²) in [7, 11) is -3.79. The molecule has 7 heteroatoms. The highest BCUT2D eigenvalue weighted by Gasteiger charge is 2.16. The minimum absolute atomic E-state index is 0.136. The standard InChI is InChI=1S/C15H13BrN2O3S/c1-10-2-5-12(6-3-10)22(19,20)21-9-15-17-13-7-4-11(16)8-14(13)18-15/h2-8H,9H2,1H3,(H,17,18). The lowest BCUT2D eigenvalue weighted by atomic mass is 10.2. The van der Waals surface area contributed by atoms with Gasteiger partial charge in [-0.05, 0) is 37.3 Å². The summed E-state index contributed by atoms with van der Waals surface area (Å²) in [4.78, 5) is 7.47. The first-order valence-electron chi connectivity index (χ1n) is 6.54. The molecule has 114 valence electrons. The number of aromatic nitrogens is 2. The zero-order chi connectivity index (χ0) is 15.7. The van der Waals surface area contributed by atoms with Crippen LogP contribution in [0.15, 0.2) is 51.8 Å². The molecule has 0 atom stereocenters. The fraction of sp³-hybridized carbons (Fsp3) is 0.133. The van der Waals surface area contributed by atoms with Crippen LogP contribution in [0.25, 0.3) is 11.0 Å². The fourth-order valence-corrected chi connectivity index (χ4v) is 3.24. The van der Waals surface area contributed by atoms with Crippen molar-refractivity contribution in [3.05, 3.63) is 58.3 Å². The Labute approximate surface area is 136 Å². The molecule has 1 heterocycles. The monoisotopic (exact) mass is 380 g/mol. The Kier molecular flexibility index (Phi) is 4.03. The van der Waals surface area contributed by atoms with Crippen molar-refractivity contribution in [3.8, 4) is 0 Å². The molecule has 0 unspecified atom stereocenters. The van der Waals surface area contributed by atoms with Crippen LogP contribution in [0.3, 0.4) is 0 Å². The summed E-state index contributed by atoms with van der Waals surface area (Å²) in [5.41, 5.74) is 2.57. The van der Waals surface area contributed by atoms with E-state index in [1.165, 1.54) is 12.1 Å². The third kappa shape index (κ3) is 3.21. The summed E-state index contributed by atoms with van der Waals surface area (Å²) >= 11 is 3.37. The molecule has 0 aliphatic rings. The molecule has 0 aliphatic heterocycles. The van der Waals surface area contributed by atoms with Gasteiger partial charge >= 0.3 is 0 Å². The van der Waals surface area contributed by atoms with Crippen LogP contribution in [0, 0.1) is 6.92 Å². The Hall–Kier alpha value is -1.70. The van der Waals surface area contributed by atoms with E-state index in [9.17, 15) is 8.42 Å². The van der Waals surface area contributed by atoms with Gasteiger partial charge in [0.1, 0.15) is 12.4 Å². The minimum Gasteiger partial charge on any atom is -0.340 e. The molecule has 0 aliphatic carbocycles. The number of benzene rings is 2. The number of halogens is 1. The van der Waals surface area contributed by atoms with Crippen LogP contribution in [0.5, 0.6) is 0 Å². The van der Waals surface area contributed by atoms with Crippen molar-refractivity contribution in [1.82, 2.24) is 9.97 Å². The van der Waals surface area contributed by atoms with Gasteiger partial charge in [-0.3, -0.25) is 4.18 Å². The normalized spacial score (nSPS) is 11.9. The maximum atomic E-state index is 12.1. The fourth-order valence-electron chi connectivity index (χ4n) is 2.01. The Bertz CT molecular complexity index is 918. The topological polar surface area (TPSA) is 72.1 Å². The first kappa shape index (κ1) is 15.2. The highest BCUT2D eigenvalue weighted by atomic mass is 79.9. The Balaban J connectivity index is 1.79. The van der Waals surface area contributed by atoms with Crippen LogP contribution in [0.2, 0.25) is 0 Å². The van der Waals surface area contributed by atoms with Crippen LogP contribution in [0.1, 0.15) is 11.4 Å². The van der Waals surface area contributed by atoms with Crippen molar-refractivity contribution in [3.63, 3.8) is 0 Å². The molecular formula is C15H13BrN2O3S. The molecular weight excluding hydrogens is 368 g/mol. The second-order valence-corrected chi connectivity index (χ2v) is 7.41. The number of aromatic amines is 1. The lowest BCUT2D eigenvalue weighted by Crippen LogP contribution is -2.07. The van der Waals surface area contributed by atoms with Gasteiger partial charge in [-0.1, -0.05) is 33.6 Å². The predicted octanol–water partition coefficient (Wildman–Crippen LogP) is 3.54. The number of imidazole rings is 1.